The van der Waals surface area contributed by atoms with Crippen LogP contribution in [-0.2, 0) is 0 Å². The van der Waals surface area contributed by atoms with E-state index in [1.54, 1.807) is 0 Å². The number of halogens is 1. The highest BCUT2D eigenvalue weighted by Gasteiger charge is 2.12. The third kappa shape index (κ3) is 5.40. The molecule has 0 saturated carbocycles. The fourth-order valence-corrected chi connectivity index (χ4v) is 2.36. The summed E-state index contributed by atoms with van der Waals surface area (Å²) in [6, 6.07) is 6.71. The van der Waals surface area contributed by atoms with Crippen molar-refractivity contribution in [2.75, 3.05) is 6.54 Å². The summed E-state index contributed by atoms with van der Waals surface area (Å²) in [7, 11) is 0. The Morgan fingerprint density at radius 2 is 2.06 bits per heavy atom. The van der Waals surface area contributed by atoms with Crippen LogP contribution in [0.5, 0.6) is 5.75 Å². The summed E-state index contributed by atoms with van der Waals surface area (Å²) in [6.45, 7) is 9.48. The van der Waals surface area contributed by atoms with E-state index in [-0.39, 0.29) is 6.10 Å². The van der Waals surface area contributed by atoms with Crippen molar-refractivity contribution in [3.8, 4) is 5.75 Å². The van der Waals surface area contributed by atoms with E-state index in [9.17, 15) is 0 Å². The number of hydrogen-bond donors (Lipinski definition) is 1. The van der Waals surface area contributed by atoms with Gasteiger partial charge in [0.15, 0.2) is 0 Å². The second-order valence-electron chi connectivity index (χ2n) is 5.03. The Labute approximate surface area is 119 Å². The molecule has 0 radical (unpaired) electrons. The Bertz CT molecular complexity index is 366. The van der Waals surface area contributed by atoms with Crippen LogP contribution in [0.15, 0.2) is 22.7 Å². The fourth-order valence-electron chi connectivity index (χ4n) is 1.77. The Kier molecular flexibility index (Phi) is 6.72. The normalized spacial score (nSPS) is 12.8. The molecule has 102 valence electrons. The van der Waals surface area contributed by atoms with Crippen molar-refractivity contribution >= 4 is 15.9 Å². The Morgan fingerprint density at radius 3 is 2.61 bits per heavy atom. The molecule has 1 aromatic carbocycles. The van der Waals surface area contributed by atoms with E-state index in [2.05, 4.69) is 61.1 Å². The summed E-state index contributed by atoms with van der Waals surface area (Å²) in [6.07, 6.45) is 2.44. The first kappa shape index (κ1) is 15.5. The molecule has 0 aromatic heterocycles. The van der Waals surface area contributed by atoms with Crippen LogP contribution in [0, 0.1) is 6.92 Å². The van der Waals surface area contributed by atoms with Crippen molar-refractivity contribution in [1.29, 1.82) is 0 Å². The number of hydrogen-bond acceptors (Lipinski definition) is 2. The van der Waals surface area contributed by atoms with Gasteiger partial charge in [-0.25, -0.2) is 0 Å². The van der Waals surface area contributed by atoms with Gasteiger partial charge in [-0.05, 0) is 47.0 Å². The molecule has 2 nitrogen and oxygen atoms in total. The average molecular weight is 314 g/mol. The maximum absolute atomic E-state index is 6.08. The minimum absolute atomic E-state index is 0.233. The van der Waals surface area contributed by atoms with Crippen LogP contribution in [0.25, 0.3) is 0 Å². The quantitative estimate of drug-likeness (QED) is 0.810. The van der Waals surface area contributed by atoms with E-state index in [0.29, 0.717) is 6.04 Å². The van der Waals surface area contributed by atoms with Crippen molar-refractivity contribution in [1.82, 2.24) is 5.32 Å². The van der Waals surface area contributed by atoms with E-state index in [1.807, 2.05) is 6.07 Å². The molecule has 1 rings (SSSR count). The third-order valence-corrected chi connectivity index (χ3v) is 3.37. The van der Waals surface area contributed by atoms with Gasteiger partial charge in [0.2, 0.25) is 0 Å². The van der Waals surface area contributed by atoms with Crippen LogP contribution in [-0.4, -0.2) is 18.7 Å². The van der Waals surface area contributed by atoms with Gasteiger partial charge in [-0.2, -0.15) is 0 Å². The van der Waals surface area contributed by atoms with Crippen molar-refractivity contribution in [2.24, 2.45) is 0 Å². The third-order valence-electron chi connectivity index (χ3n) is 2.75. The molecule has 0 aliphatic rings. The Balaban J connectivity index is 2.64. The van der Waals surface area contributed by atoms with E-state index in [4.69, 9.17) is 4.74 Å². The van der Waals surface area contributed by atoms with Crippen molar-refractivity contribution in [2.45, 2.75) is 52.7 Å². The zero-order chi connectivity index (χ0) is 13.5. The summed E-state index contributed by atoms with van der Waals surface area (Å²) in [4.78, 5) is 0. The van der Waals surface area contributed by atoms with E-state index in [0.717, 1.165) is 29.6 Å². The van der Waals surface area contributed by atoms with Crippen molar-refractivity contribution in [3.05, 3.63) is 28.2 Å². The van der Waals surface area contributed by atoms with Gasteiger partial charge in [-0.1, -0.05) is 33.3 Å². The highest BCUT2D eigenvalue weighted by Crippen LogP contribution is 2.27. The molecule has 0 amide bonds. The number of aryl methyl sites for hydroxylation is 1. The van der Waals surface area contributed by atoms with Crippen LogP contribution in [0.1, 0.15) is 39.2 Å². The number of rotatable bonds is 7. The van der Waals surface area contributed by atoms with Crippen molar-refractivity contribution < 1.29 is 4.74 Å². The summed E-state index contributed by atoms with van der Waals surface area (Å²) < 4.78 is 7.12. The van der Waals surface area contributed by atoms with Gasteiger partial charge in [0.25, 0.3) is 0 Å². The number of nitrogens with one attached hydrogen (secondary N) is 1. The molecule has 0 spiro atoms. The SMILES string of the molecule is CCCC(CNC(C)C)Oc1ccc(C)cc1Br. The lowest BCUT2D eigenvalue weighted by molar-refractivity contribution is 0.182. The topological polar surface area (TPSA) is 21.3 Å². The highest BCUT2D eigenvalue weighted by molar-refractivity contribution is 9.10. The first-order chi connectivity index (χ1) is 8.52. The van der Waals surface area contributed by atoms with E-state index < -0.39 is 0 Å². The van der Waals surface area contributed by atoms with Crippen LogP contribution in [0.2, 0.25) is 0 Å². The maximum Gasteiger partial charge on any atom is 0.133 e. The lowest BCUT2D eigenvalue weighted by Gasteiger charge is -2.21. The predicted molar refractivity (Wildman–Crippen MR) is 81.3 cm³/mol. The molecule has 0 bridgehead atoms. The fraction of sp³-hybridized carbons (Fsp3) is 0.600. The largest absolute Gasteiger partial charge is 0.488 e. The molecule has 0 aliphatic carbocycles. The van der Waals surface area contributed by atoms with Gasteiger partial charge in [0.05, 0.1) is 4.47 Å². The lowest BCUT2D eigenvalue weighted by atomic mass is 10.2. The minimum Gasteiger partial charge on any atom is -0.488 e. The molecular weight excluding hydrogens is 290 g/mol. The summed E-state index contributed by atoms with van der Waals surface area (Å²) in [5.74, 6) is 0.935. The molecule has 1 aromatic rings. The molecule has 18 heavy (non-hydrogen) atoms. The molecular formula is C15H24BrNO. The standard InChI is InChI=1S/C15H24BrNO/c1-5-6-13(10-17-11(2)3)18-15-8-7-12(4)9-14(15)16/h7-9,11,13,17H,5-6,10H2,1-4H3. The monoisotopic (exact) mass is 313 g/mol. The van der Waals surface area contributed by atoms with Crippen LogP contribution < -0.4 is 10.1 Å². The van der Waals surface area contributed by atoms with Crippen molar-refractivity contribution in [3.63, 3.8) is 0 Å². The highest BCUT2D eigenvalue weighted by atomic mass is 79.9. The van der Waals surface area contributed by atoms with Gasteiger partial charge in [-0.15, -0.1) is 0 Å². The summed E-state index contributed by atoms with van der Waals surface area (Å²) in [5, 5.41) is 3.44. The first-order valence-corrected chi connectivity index (χ1v) is 7.48. The predicted octanol–water partition coefficient (Wildman–Crippen LogP) is 4.30. The van der Waals surface area contributed by atoms with E-state index >= 15 is 0 Å². The molecule has 3 heteroatoms. The van der Waals surface area contributed by atoms with Gasteiger partial charge in [0, 0.05) is 12.6 Å². The van der Waals surface area contributed by atoms with Gasteiger partial charge < -0.3 is 10.1 Å². The second-order valence-corrected chi connectivity index (χ2v) is 5.88. The number of benzene rings is 1. The zero-order valence-corrected chi connectivity index (χ0v) is 13.4. The van der Waals surface area contributed by atoms with Gasteiger partial charge in [0.1, 0.15) is 11.9 Å². The van der Waals surface area contributed by atoms with Crippen LogP contribution in [0.3, 0.4) is 0 Å². The Morgan fingerprint density at radius 1 is 1.33 bits per heavy atom. The minimum atomic E-state index is 0.233. The molecule has 0 fully saturated rings. The average Bonchev–Trinajstić information content (AvgIpc) is 2.29. The zero-order valence-electron chi connectivity index (χ0n) is 11.8. The molecule has 0 aliphatic heterocycles. The molecule has 1 unspecified atom stereocenters. The first-order valence-electron chi connectivity index (χ1n) is 6.69. The summed E-state index contributed by atoms with van der Waals surface area (Å²) in [5.41, 5.74) is 1.24. The second kappa shape index (κ2) is 7.80. The lowest BCUT2D eigenvalue weighted by Crippen LogP contribution is -2.35. The molecule has 0 saturated heterocycles. The Hall–Kier alpha value is -0.540. The molecule has 1 atom stereocenters. The van der Waals surface area contributed by atoms with Crippen LogP contribution in [0.4, 0.5) is 0 Å². The smallest absolute Gasteiger partial charge is 0.133 e. The number of ether oxygens (including phenoxy) is 1. The van der Waals surface area contributed by atoms with E-state index in [1.165, 1.54) is 5.56 Å². The van der Waals surface area contributed by atoms with Crippen LogP contribution >= 0.6 is 15.9 Å². The molecule has 0 heterocycles. The van der Waals surface area contributed by atoms with Gasteiger partial charge >= 0.3 is 0 Å². The summed E-state index contributed by atoms with van der Waals surface area (Å²) >= 11 is 3.56. The molecule has 1 N–H and O–H groups in total. The maximum atomic E-state index is 6.08. The van der Waals surface area contributed by atoms with Gasteiger partial charge in [-0.3, -0.25) is 0 Å².